The minimum atomic E-state index is -0.234. The molecular weight excluding hydrogens is 427 g/mol. The minimum absolute atomic E-state index is 0.0657. The summed E-state index contributed by atoms with van der Waals surface area (Å²) in [5.74, 6) is 0.952. The highest BCUT2D eigenvalue weighted by atomic mass is 35.5. The van der Waals surface area contributed by atoms with Crippen LogP contribution in [-0.2, 0) is 0 Å². The fourth-order valence-electron chi connectivity index (χ4n) is 4.19. The van der Waals surface area contributed by atoms with Crippen LogP contribution in [0.25, 0.3) is 0 Å². The molecule has 2 fully saturated rings. The van der Waals surface area contributed by atoms with Crippen molar-refractivity contribution in [2.45, 2.75) is 24.6 Å². The summed E-state index contributed by atoms with van der Waals surface area (Å²) in [6.07, 6.45) is 1.52. The van der Waals surface area contributed by atoms with Crippen molar-refractivity contribution in [2.75, 3.05) is 25.4 Å². The van der Waals surface area contributed by atoms with Gasteiger partial charge in [0.15, 0.2) is 0 Å². The van der Waals surface area contributed by atoms with Crippen LogP contribution in [0, 0.1) is 6.92 Å². The number of halogens is 2. The van der Waals surface area contributed by atoms with Gasteiger partial charge in [-0.05, 0) is 49.6 Å². The van der Waals surface area contributed by atoms with Crippen LogP contribution in [0.3, 0.4) is 0 Å². The van der Waals surface area contributed by atoms with Crippen molar-refractivity contribution in [3.05, 3.63) is 69.2 Å². The molecule has 7 heteroatoms. The molecule has 1 spiro atoms. The van der Waals surface area contributed by atoms with Gasteiger partial charge in [-0.1, -0.05) is 41.4 Å². The molecule has 0 N–H and O–H groups in total. The Balaban J connectivity index is 1.49. The number of hydrogen-bond donors (Lipinski definition) is 0. The second-order valence-electron chi connectivity index (χ2n) is 7.52. The van der Waals surface area contributed by atoms with Gasteiger partial charge in [0.05, 0.1) is 4.87 Å². The molecule has 0 unspecified atom stereocenters. The third kappa shape index (κ3) is 4.00. The maximum absolute atomic E-state index is 13.3. The Labute approximate surface area is 185 Å². The van der Waals surface area contributed by atoms with Crippen LogP contribution in [0.15, 0.2) is 42.5 Å². The Morgan fingerprint density at radius 3 is 2.28 bits per heavy atom. The number of amides is 2. The van der Waals surface area contributed by atoms with E-state index in [1.165, 1.54) is 0 Å². The largest absolute Gasteiger partial charge is 0.338 e. The molecule has 4 rings (SSSR count). The Morgan fingerprint density at radius 2 is 1.62 bits per heavy atom. The lowest BCUT2D eigenvalue weighted by Crippen LogP contribution is -2.53. The number of carbonyl (C=O) groups excluding carboxylic acids is 2. The number of likely N-dealkylation sites (tertiary alicyclic amines) is 1. The lowest BCUT2D eigenvalue weighted by atomic mass is 9.99. The summed E-state index contributed by atoms with van der Waals surface area (Å²) in [7, 11) is 0. The van der Waals surface area contributed by atoms with Gasteiger partial charge >= 0.3 is 0 Å². The van der Waals surface area contributed by atoms with Crippen LogP contribution in [0.2, 0.25) is 10.0 Å². The van der Waals surface area contributed by atoms with Gasteiger partial charge in [0.2, 0.25) is 0 Å². The number of benzene rings is 2. The minimum Gasteiger partial charge on any atom is -0.338 e. The molecule has 0 radical (unpaired) electrons. The Hall–Kier alpha value is -1.69. The standard InChI is InChI=1S/C22H22Cl2N2O2S/c1-15-4-2-3-5-19(15)21(28)26-10-11-29-22(26)6-8-25(9-7-22)20(27)16-12-17(23)14-18(24)13-16/h2-5,12-14H,6-11H2,1H3. The Morgan fingerprint density at radius 1 is 0.966 bits per heavy atom. The molecule has 0 aliphatic carbocycles. The highest BCUT2D eigenvalue weighted by Crippen LogP contribution is 2.45. The van der Waals surface area contributed by atoms with Crippen molar-refractivity contribution in [3.63, 3.8) is 0 Å². The van der Waals surface area contributed by atoms with Gasteiger partial charge in [-0.15, -0.1) is 11.8 Å². The van der Waals surface area contributed by atoms with Crippen molar-refractivity contribution in [2.24, 2.45) is 0 Å². The van der Waals surface area contributed by atoms with Crippen LogP contribution >= 0.6 is 35.0 Å². The third-order valence-electron chi connectivity index (χ3n) is 5.74. The van der Waals surface area contributed by atoms with Crippen LogP contribution in [0.1, 0.15) is 39.1 Å². The lowest BCUT2D eigenvalue weighted by Gasteiger charge is -2.44. The zero-order valence-corrected chi connectivity index (χ0v) is 18.5. The first kappa shape index (κ1) is 20.6. The quantitative estimate of drug-likeness (QED) is 0.639. The molecule has 29 heavy (non-hydrogen) atoms. The van der Waals surface area contributed by atoms with Gasteiger partial charge in [0.1, 0.15) is 0 Å². The topological polar surface area (TPSA) is 40.6 Å². The van der Waals surface area contributed by atoms with Crippen molar-refractivity contribution >= 4 is 46.8 Å². The molecule has 2 heterocycles. The molecule has 4 nitrogen and oxygen atoms in total. The molecule has 2 aromatic carbocycles. The highest BCUT2D eigenvalue weighted by molar-refractivity contribution is 8.00. The zero-order valence-electron chi connectivity index (χ0n) is 16.2. The average molecular weight is 449 g/mol. The lowest BCUT2D eigenvalue weighted by molar-refractivity contribution is 0.0497. The van der Waals surface area contributed by atoms with Gasteiger partial charge in [-0.25, -0.2) is 0 Å². The molecule has 2 saturated heterocycles. The van der Waals surface area contributed by atoms with Crippen molar-refractivity contribution < 1.29 is 9.59 Å². The van der Waals surface area contributed by atoms with E-state index in [0.717, 1.165) is 36.3 Å². The van der Waals surface area contributed by atoms with E-state index in [-0.39, 0.29) is 16.7 Å². The van der Waals surface area contributed by atoms with Crippen molar-refractivity contribution in [1.29, 1.82) is 0 Å². The SMILES string of the molecule is Cc1ccccc1C(=O)N1CCSC12CCN(C(=O)c1cc(Cl)cc(Cl)c1)CC2. The number of hydrogen-bond acceptors (Lipinski definition) is 3. The maximum Gasteiger partial charge on any atom is 0.255 e. The predicted molar refractivity (Wildman–Crippen MR) is 119 cm³/mol. The number of piperidine rings is 1. The average Bonchev–Trinajstić information content (AvgIpc) is 3.10. The van der Waals surface area contributed by atoms with Crippen LogP contribution in [0.4, 0.5) is 0 Å². The van der Waals surface area contributed by atoms with Crippen LogP contribution in [0.5, 0.6) is 0 Å². The summed E-state index contributed by atoms with van der Waals surface area (Å²) in [6.45, 7) is 3.93. The number of thioether (sulfide) groups is 1. The van der Waals surface area contributed by atoms with E-state index in [1.54, 1.807) is 18.2 Å². The summed E-state index contributed by atoms with van der Waals surface area (Å²) in [5, 5.41) is 0.909. The third-order valence-corrected chi connectivity index (χ3v) is 7.73. The van der Waals surface area contributed by atoms with E-state index < -0.39 is 0 Å². The van der Waals surface area contributed by atoms with E-state index in [9.17, 15) is 9.59 Å². The summed E-state index contributed by atoms with van der Waals surface area (Å²) < 4.78 is 0. The first-order valence-electron chi connectivity index (χ1n) is 9.67. The second kappa shape index (κ2) is 8.21. The van der Waals surface area contributed by atoms with Gasteiger partial charge in [0.25, 0.3) is 11.8 Å². The van der Waals surface area contributed by atoms with E-state index in [2.05, 4.69) is 0 Å². The summed E-state index contributed by atoms with van der Waals surface area (Å²) in [6, 6.07) is 12.7. The van der Waals surface area contributed by atoms with Crippen molar-refractivity contribution in [3.8, 4) is 0 Å². The summed E-state index contributed by atoms with van der Waals surface area (Å²) in [5.41, 5.74) is 2.27. The Kier molecular flexibility index (Phi) is 5.83. The van der Waals surface area contributed by atoms with Gasteiger partial charge in [-0.2, -0.15) is 0 Å². The van der Waals surface area contributed by atoms with Crippen LogP contribution in [-0.4, -0.2) is 51.9 Å². The van der Waals surface area contributed by atoms with E-state index in [4.69, 9.17) is 23.2 Å². The zero-order chi connectivity index (χ0) is 20.6. The van der Waals surface area contributed by atoms with E-state index in [1.807, 2.05) is 52.8 Å². The predicted octanol–water partition coefficient (Wildman–Crippen LogP) is 5.12. The summed E-state index contributed by atoms with van der Waals surface area (Å²) in [4.78, 5) is 29.8. The molecule has 0 saturated carbocycles. The highest BCUT2D eigenvalue weighted by Gasteiger charge is 2.47. The normalized spacial score (nSPS) is 18.3. The molecule has 152 valence electrons. The van der Waals surface area contributed by atoms with Gasteiger partial charge in [-0.3, -0.25) is 9.59 Å². The molecule has 0 bridgehead atoms. The van der Waals surface area contributed by atoms with E-state index in [0.29, 0.717) is 28.7 Å². The first-order valence-corrected chi connectivity index (χ1v) is 11.4. The molecular formula is C22H22Cl2N2O2S. The number of nitrogens with zero attached hydrogens (tertiary/aromatic N) is 2. The first-order chi connectivity index (χ1) is 13.9. The molecule has 2 aromatic rings. The Bertz CT molecular complexity index is 937. The fraction of sp³-hybridized carbons (Fsp3) is 0.364. The summed E-state index contributed by atoms with van der Waals surface area (Å²) >= 11 is 13.9. The molecule has 2 amide bonds. The smallest absolute Gasteiger partial charge is 0.255 e. The molecule has 2 aliphatic rings. The van der Waals surface area contributed by atoms with Crippen LogP contribution < -0.4 is 0 Å². The number of carbonyl (C=O) groups is 2. The molecule has 0 atom stereocenters. The second-order valence-corrected chi connectivity index (χ2v) is 9.85. The monoisotopic (exact) mass is 448 g/mol. The van der Waals surface area contributed by atoms with E-state index >= 15 is 0 Å². The fourth-order valence-corrected chi connectivity index (χ4v) is 6.17. The van der Waals surface area contributed by atoms with Gasteiger partial charge < -0.3 is 9.80 Å². The molecule has 2 aliphatic heterocycles. The maximum atomic E-state index is 13.3. The van der Waals surface area contributed by atoms with Gasteiger partial charge in [0, 0.05) is 46.6 Å². The molecule has 0 aromatic heterocycles. The van der Waals surface area contributed by atoms with Crippen molar-refractivity contribution in [1.82, 2.24) is 9.80 Å². The number of aryl methyl sites for hydroxylation is 1. The number of rotatable bonds is 2.